The van der Waals surface area contributed by atoms with Crippen molar-refractivity contribution in [3.05, 3.63) is 35.0 Å². The summed E-state index contributed by atoms with van der Waals surface area (Å²) in [7, 11) is 0. The van der Waals surface area contributed by atoms with E-state index in [1.165, 1.54) is 6.20 Å². The van der Waals surface area contributed by atoms with Gasteiger partial charge >= 0.3 is 5.97 Å². The number of nitrogens with zero attached hydrogens (tertiary/aromatic N) is 3. The molecule has 0 saturated heterocycles. The Morgan fingerprint density at radius 3 is 2.85 bits per heavy atom. The maximum atomic E-state index is 11.6. The van der Waals surface area contributed by atoms with Crippen LogP contribution in [0.15, 0.2) is 16.8 Å². The Bertz CT molecular complexity index is 609. The summed E-state index contributed by atoms with van der Waals surface area (Å²) in [6.07, 6.45) is 1.46. The highest BCUT2D eigenvalue weighted by molar-refractivity contribution is 5.90. The first-order chi connectivity index (χ1) is 9.60. The lowest BCUT2D eigenvalue weighted by Crippen LogP contribution is -2.11. The molecular weight excluding hydrogens is 260 g/mol. The molecular formula is C13H16N4O3. The van der Waals surface area contributed by atoms with Crippen molar-refractivity contribution in [2.75, 3.05) is 11.9 Å². The second-order valence-electron chi connectivity index (χ2n) is 4.20. The Morgan fingerprint density at radius 1 is 1.45 bits per heavy atom. The van der Waals surface area contributed by atoms with Crippen LogP contribution in [0, 0.1) is 13.8 Å². The molecule has 7 nitrogen and oxygen atoms in total. The molecule has 2 heterocycles. The molecule has 0 atom stereocenters. The molecule has 0 aliphatic heterocycles. The molecule has 0 aromatic carbocycles. The van der Waals surface area contributed by atoms with Crippen molar-refractivity contribution in [2.45, 2.75) is 27.3 Å². The Labute approximate surface area is 116 Å². The molecule has 2 rings (SSSR count). The van der Waals surface area contributed by atoms with Crippen LogP contribution in [0.2, 0.25) is 0 Å². The quantitative estimate of drug-likeness (QED) is 0.833. The van der Waals surface area contributed by atoms with Crippen LogP contribution < -0.4 is 5.32 Å². The highest BCUT2D eigenvalue weighted by Gasteiger charge is 2.12. The second-order valence-corrected chi connectivity index (χ2v) is 4.20. The van der Waals surface area contributed by atoms with Gasteiger partial charge in [0.05, 0.1) is 24.4 Å². The van der Waals surface area contributed by atoms with Crippen LogP contribution in [0.3, 0.4) is 0 Å². The predicted octanol–water partition coefficient (Wildman–Crippen LogP) is 1.87. The number of anilines is 1. The molecule has 20 heavy (non-hydrogen) atoms. The molecule has 0 unspecified atom stereocenters. The summed E-state index contributed by atoms with van der Waals surface area (Å²) in [5.41, 5.74) is 1.70. The molecule has 0 saturated carbocycles. The SMILES string of the molecule is CCOC(=O)c1cnc(NCc2cc(C)on2)nc1C. The predicted molar refractivity (Wildman–Crippen MR) is 71.3 cm³/mol. The molecule has 0 fully saturated rings. The van der Waals surface area contributed by atoms with Gasteiger partial charge in [0.1, 0.15) is 11.5 Å². The van der Waals surface area contributed by atoms with Gasteiger partial charge < -0.3 is 14.6 Å². The summed E-state index contributed by atoms with van der Waals surface area (Å²) >= 11 is 0. The Kier molecular flexibility index (Phi) is 4.29. The zero-order valence-electron chi connectivity index (χ0n) is 11.6. The fourth-order valence-corrected chi connectivity index (χ4v) is 1.63. The van der Waals surface area contributed by atoms with E-state index in [4.69, 9.17) is 9.26 Å². The second kappa shape index (κ2) is 6.14. The van der Waals surface area contributed by atoms with E-state index in [2.05, 4.69) is 20.4 Å². The van der Waals surface area contributed by atoms with Gasteiger partial charge in [-0.05, 0) is 20.8 Å². The van der Waals surface area contributed by atoms with Crippen molar-refractivity contribution in [3.8, 4) is 0 Å². The van der Waals surface area contributed by atoms with E-state index in [1.807, 2.05) is 13.0 Å². The van der Waals surface area contributed by atoms with Crippen molar-refractivity contribution in [3.63, 3.8) is 0 Å². The smallest absolute Gasteiger partial charge is 0.341 e. The monoisotopic (exact) mass is 276 g/mol. The Hall–Kier alpha value is -2.44. The number of aromatic nitrogens is 3. The Morgan fingerprint density at radius 2 is 2.25 bits per heavy atom. The normalized spacial score (nSPS) is 10.3. The van der Waals surface area contributed by atoms with E-state index < -0.39 is 5.97 Å². The average Bonchev–Trinajstić information content (AvgIpc) is 2.82. The lowest BCUT2D eigenvalue weighted by atomic mass is 10.2. The number of carbonyl (C=O) groups excluding carboxylic acids is 1. The van der Waals surface area contributed by atoms with Crippen LogP contribution in [-0.4, -0.2) is 27.7 Å². The third-order valence-electron chi connectivity index (χ3n) is 2.58. The zero-order chi connectivity index (χ0) is 14.5. The summed E-state index contributed by atoms with van der Waals surface area (Å²) in [6, 6.07) is 1.83. The summed E-state index contributed by atoms with van der Waals surface area (Å²) in [5.74, 6) is 0.761. The average molecular weight is 276 g/mol. The summed E-state index contributed by atoms with van der Waals surface area (Å²) in [6.45, 7) is 6.09. The molecule has 2 aromatic rings. The lowest BCUT2D eigenvalue weighted by Gasteiger charge is -2.07. The molecule has 1 N–H and O–H groups in total. The van der Waals surface area contributed by atoms with Crippen molar-refractivity contribution < 1.29 is 14.1 Å². The molecule has 0 radical (unpaired) electrons. The summed E-state index contributed by atoms with van der Waals surface area (Å²) < 4.78 is 9.88. The van der Waals surface area contributed by atoms with E-state index in [9.17, 15) is 4.79 Å². The van der Waals surface area contributed by atoms with E-state index in [0.29, 0.717) is 30.4 Å². The van der Waals surface area contributed by atoms with Gasteiger partial charge in [-0.2, -0.15) is 0 Å². The maximum Gasteiger partial charge on any atom is 0.341 e. The van der Waals surface area contributed by atoms with Gasteiger partial charge in [0.2, 0.25) is 5.95 Å². The van der Waals surface area contributed by atoms with E-state index in [-0.39, 0.29) is 0 Å². The number of aryl methyl sites for hydroxylation is 2. The molecule has 0 bridgehead atoms. The van der Waals surface area contributed by atoms with Crippen molar-refractivity contribution in [1.29, 1.82) is 0 Å². The highest BCUT2D eigenvalue weighted by atomic mass is 16.5. The summed E-state index contributed by atoms with van der Waals surface area (Å²) in [4.78, 5) is 19.9. The Balaban J connectivity index is 2.03. The van der Waals surface area contributed by atoms with Gasteiger partial charge in [-0.15, -0.1) is 0 Å². The van der Waals surface area contributed by atoms with Gasteiger partial charge in [-0.25, -0.2) is 14.8 Å². The zero-order valence-corrected chi connectivity index (χ0v) is 11.6. The fourth-order valence-electron chi connectivity index (χ4n) is 1.63. The van der Waals surface area contributed by atoms with Gasteiger partial charge in [0.25, 0.3) is 0 Å². The van der Waals surface area contributed by atoms with Gasteiger partial charge in [0, 0.05) is 12.3 Å². The first-order valence-electron chi connectivity index (χ1n) is 6.27. The van der Waals surface area contributed by atoms with Gasteiger partial charge in [-0.1, -0.05) is 5.16 Å². The van der Waals surface area contributed by atoms with Crippen LogP contribution in [0.5, 0.6) is 0 Å². The van der Waals surface area contributed by atoms with Crippen LogP contribution in [0.4, 0.5) is 5.95 Å². The number of rotatable bonds is 5. The number of carbonyl (C=O) groups is 1. The summed E-state index contributed by atoms with van der Waals surface area (Å²) in [5, 5.41) is 6.87. The van der Waals surface area contributed by atoms with Crippen LogP contribution in [0.1, 0.15) is 34.4 Å². The number of ether oxygens (including phenoxy) is 1. The van der Waals surface area contributed by atoms with Crippen molar-refractivity contribution >= 4 is 11.9 Å². The van der Waals surface area contributed by atoms with E-state index in [1.54, 1.807) is 13.8 Å². The number of nitrogens with one attached hydrogen (secondary N) is 1. The van der Waals surface area contributed by atoms with E-state index in [0.717, 1.165) is 11.5 Å². The molecule has 0 aliphatic rings. The molecule has 0 spiro atoms. The largest absolute Gasteiger partial charge is 0.462 e. The number of hydrogen-bond acceptors (Lipinski definition) is 7. The standard InChI is InChI=1S/C13H16N4O3/c1-4-19-12(18)11-7-15-13(16-9(11)3)14-6-10-5-8(2)20-17-10/h5,7H,4,6H2,1-3H3,(H,14,15,16). The molecule has 106 valence electrons. The molecule has 7 heteroatoms. The minimum atomic E-state index is -0.413. The highest BCUT2D eigenvalue weighted by Crippen LogP contribution is 2.10. The first kappa shape index (κ1) is 14.0. The fraction of sp³-hybridized carbons (Fsp3) is 0.385. The third kappa shape index (κ3) is 3.31. The minimum absolute atomic E-state index is 0.323. The third-order valence-corrected chi connectivity index (χ3v) is 2.58. The first-order valence-corrected chi connectivity index (χ1v) is 6.27. The van der Waals surface area contributed by atoms with E-state index >= 15 is 0 Å². The number of esters is 1. The van der Waals surface area contributed by atoms with Gasteiger partial charge in [-0.3, -0.25) is 0 Å². The topological polar surface area (TPSA) is 90.1 Å². The molecule has 0 amide bonds. The van der Waals surface area contributed by atoms with Crippen LogP contribution in [-0.2, 0) is 11.3 Å². The van der Waals surface area contributed by atoms with Gasteiger partial charge in [0.15, 0.2) is 0 Å². The van der Waals surface area contributed by atoms with Crippen LogP contribution in [0.25, 0.3) is 0 Å². The maximum absolute atomic E-state index is 11.6. The van der Waals surface area contributed by atoms with Crippen molar-refractivity contribution in [2.24, 2.45) is 0 Å². The molecule has 0 aliphatic carbocycles. The van der Waals surface area contributed by atoms with Crippen LogP contribution >= 0.6 is 0 Å². The molecule has 2 aromatic heterocycles. The number of hydrogen-bond donors (Lipinski definition) is 1. The lowest BCUT2D eigenvalue weighted by molar-refractivity contribution is 0.0524. The minimum Gasteiger partial charge on any atom is -0.462 e. The van der Waals surface area contributed by atoms with Crippen molar-refractivity contribution in [1.82, 2.24) is 15.1 Å².